The summed E-state index contributed by atoms with van der Waals surface area (Å²) in [5.74, 6) is 1.18. The topological polar surface area (TPSA) is 83.6 Å². The van der Waals surface area contributed by atoms with E-state index in [1.54, 1.807) is 5.38 Å². The Bertz CT molecular complexity index is 1050. The van der Waals surface area contributed by atoms with E-state index in [0.717, 1.165) is 22.8 Å². The average Bonchev–Trinajstić information content (AvgIpc) is 3.32. The minimum absolute atomic E-state index is 0.216. The average molecular weight is 375 g/mol. The van der Waals surface area contributed by atoms with Crippen molar-refractivity contribution in [2.24, 2.45) is 0 Å². The molecule has 0 saturated heterocycles. The van der Waals surface area contributed by atoms with Crippen LogP contribution < -0.4 is 5.32 Å². The Balaban J connectivity index is 1.42. The molecule has 0 fully saturated rings. The fourth-order valence-electron chi connectivity index (χ4n) is 2.64. The minimum Gasteiger partial charge on any atom is -0.321 e. The Morgan fingerprint density at radius 3 is 2.56 bits per heavy atom. The summed E-state index contributed by atoms with van der Waals surface area (Å²) in [6.07, 6.45) is 0.726. The van der Waals surface area contributed by atoms with Crippen LogP contribution in [0.1, 0.15) is 26.9 Å². The van der Waals surface area contributed by atoms with Crippen molar-refractivity contribution in [2.45, 2.75) is 13.3 Å². The number of thiazole rings is 1. The maximum atomic E-state index is 12.4. The van der Waals surface area contributed by atoms with Crippen LogP contribution in [0.5, 0.6) is 0 Å². The number of benzene rings is 2. The van der Waals surface area contributed by atoms with Crippen molar-refractivity contribution < 1.29 is 4.79 Å². The van der Waals surface area contributed by atoms with Gasteiger partial charge < -0.3 is 5.32 Å². The van der Waals surface area contributed by atoms with Crippen LogP contribution in [0.15, 0.2) is 60.0 Å². The van der Waals surface area contributed by atoms with Gasteiger partial charge in [-0.15, -0.1) is 11.3 Å². The predicted octanol–water partition coefficient (Wildman–Crippen LogP) is 4.08. The molecule has 0 aliphatic rings. The second-order valence-corrected chi connectivity index (χ2v) is 7.01. The number of aromatic amines is 1. The molecule has 2 heterocycles. The number of anilines is 1. The normalized spacial score (nSPS) is 10.7. The molecule has 1 amide bonds. The fraction of sp³-hybridized carbons (Fsp3) is 0.100. The van der Waals surface area contributed by atoms with Gasteiger partial charge >= 0.3 is 0 Å². The molecule has 0 unspecified atom stereocenters. The zero-order valence-electron chi connectivity index (χ0n) is 14.6. The van der Waals surface area contributed by atoms with Gasteiger partial charge in [0.25, 0.3) is 5.91 Å². The Labute approximate surface area is 160 Å². The molecule has 4 rings (SSSR count). The summed E-state index contributed by atoms with van der Waals surface area (Å²) in [5, 5.41) is 12.5. The molecule has 0 saturated carbocycles. The van der Waals surface area contributed by atoms with E-state index in [1.807, 2.05) is 49.4 Å². The molecule has 2 N–H and O–H groups in total. The molecule has 4 aromatic rings. The van der Waals surface area contributed by atoms with E-state index in [1.165, 1.54) is 16.9 Å². The van der Waals surface area contributed by atoms with Crippen molar-refractivity contribution >= 4 is 22.9 Å². The van der Waals surface area contributed by atoms with Crippen LogP contribution in [0.3, 0.4) is 0 Å². The molecule has 7 heteroatoms. The molecule has 0 atom stereocenters. The maximum absolute atomic E-state index is 12.4. The second-order valence-electron chi connectivity index (χ2n) is 6.06. The third-order valence-corrected chi connectivity index (χ3v) is 4.83. The zero-order chi connectivity index (χ0) is 18.6. The first-order chi connectivity index (χ1) is 13.2. The SMILES string of the molecule is Cc1nc(-c2ccc(NC(=O)c3csc(Cc4ccccc4)n3)cc2)n[nH]1. The van der Waals surface area contributed by atoms with Crippen LogP contribution >= 0.6 is 11.3 Å². The number of amides is 1. The van der Waals surface area contributed by atoms with Gasteiger partial charge in [0, 0.05) is 23.1 Å². The first-order valence-electron chi connectivity index (χ1n) is 8.46. The molecule has 2 aromatic carbocycles. The lowest BCUT2D eigenvalue weighted by Gasteiger charge is -2.04. The van der Waals surface area contributed by atoms with E-state index in [9.17, 15) is 4.79 Å². The summed E-state index contributed by atoms with van der Waals surface area (Å²) in [7, 11) is 0. The van der Waals surface area contributed by atoms with Crippen molar-refractivity contribution in [1.82, 2.24) is 20.2 Å². The Kier molecular flexibility index (Phi) is 4.76. The maximum Gasteiger partial charge on any atom is 0.275 e. The number of rotatable bonds is 5. The van der Waals surface area contributed by atoms with Gasteiger partial charge in [0.1, 0.15) is 11.5 Å². The highest BCUT2D eigenvalue weighted by atomic mass is 32.1. The van der Waals surface area contributed by atoms with Crippen molar-refractivity contribution in [3.63, 3.8) is 0 Å². The van der Waals surface area contributed by atoms with Crippen LogP contribution in [-0.2, 0) is 6.42 Å². The molecular weight excluding hydrogens is 358 g/mol. The molecular formula is C20H17N5OS. The monoisotopic (exact) mass is 375 g/mol. The molecule has 27 heavy (non-hydrogen) atoms. The van der Waals surface area contributed by atoms with Crippen LogP contribution in [0.2, 0.25) is 0 Å². The molecule has 2 aromatic heterocycles. The van der Waals surface area contributed by atoms with Crippen molar-refractivity contribution in [2.75, 3.05) is 5.32 Å². The molecule has 0 spiro atoms. The lowest BCUT2D eigenvalue weighted by molar-refractivity contribution is 0.102. The Morgan fingerprint density at radius 2 is 1.85 bits per heavy atom. The van der Waals surface area contributed by atoms with Gasteiger partial charge in [-0.05, 0) is 36.8 Å². The number of carbonyl (C=O) groups excluding carboxylic acids is 1. The van der Waals surface area contributed by atoms with Gasteiger partial charge in [0.2, 0.25) is 0 Å². The Hall–Kier alpha value is -3.32. The van der Waals surface area contributed by atoms with Crippen molar-refractivity contribution in [3.05, 3.63) is 82.1 Å². The molecule has 0 radical (unpaired) electrons. The standard InChI is InChI=1S/C20H17N5OS/c1-13-21-19(25-24-13)15-7-9-16(10-8-15)22-20(26)17-12-27-18(23-17)11-14-5-3-2-4-6-14/h2-10,12H,11H2,1H3,(H,22,26)(H,21,24,25). The van der Waals surface area contributed by atoms with Gasteiger partial charge in [-0.3, -0.25) is 9.89 Å². The van der Waals surface area contributed by atoms with Crippen LogP contribution in [0.25, 0.3) is 11.4 Å². The number of nitrogens with one attached hydrogen (secondary N) is 2. The van der Waals surface area contributed by atoms with Crippen LogP contribution in [-0.4, -0.2) is 26.1 Å². The lowest BCUT2D eigenvalue weighted by Crippen LogP contribution is -2.12. The lowest BCUT2D eigenvalue weighted by atomic mass is 10.2. The first kappa shape index (κ1) is 17.1. The largest absolute Gasteiger partial charge is 0.321 e. The van der Waals surface area contributed by atoms with Crippen molar-refractivity contribution in [3.8, 4) is 11.4 Å². The summed E-state index contributed by atoms with van der Waals surface area (Å²) < 4.78 is 0. The molecule has 0 bridgehead atoms. The highest BCUT2D eigenvalue weighted by molar-refractivity contribution is 7.09. The number of H-pyrrole nitrogens is 1. The van der Waals surface area contributed by atoms with E-state index in [0.29, 0.717) is 17.2 Å². The smallest absolute Gasteiger partial charge is 0.275 e. The zero-order valence-corrected chi connectivity index (χ0v) is 15.5. The quantitative estimate of drug-likeness (QED) is 0.550. The van der Waals surface area contributed by atoms with Gasteiger partial charge in [-0.1, -0.05) is 30.3 Å². The summed E-state index contributed by atoms with van der Waals surface area (Å²) in [4.78, 5) is 21.2. The third-order valence-electron chi connectivity index (χ3n) is 3.98. The highest BCUT2D eigenvalue weighted by Gasteiger charge is 2.12. The van der Waals surface area contributed by atoms with Gasteiger partial charge in [-0.2, -0.15) is 5.10 Å². The summed E-state index contributed by atoms with van der Waals surface area (Å²) >= 11 is 1.49. The number of hydrogen-bond acceptors (Lipinski definition) is 5. The van der Waals surface area contributed by atoms with Gasteiger partial charge in [0.05, 0.1) is 5.01 Å². The highest BCUT2D eigenvalue weighted by Crippen LogP contribution is 2.19. The summed E-state index contributed by atoms with van der Waals surface area (Å²) in [6.45, 7) is 1.85. The molecule has 134 valence electrons. The number of nitrogens with zero attached hydrogens (tertiary/aromatic N) is 3. The number of carbonyl (C=O) groups is 1. The van der Waals surface area contributed by atoms with E-state index >= 15 is 0 Å². The number of aromatic nitrogens is 4. The van der Waals surface area contributed by atoms with E-state index in [2.05, 4.69) is 37.6 Å². The second kappa shape index (κ2) is 7.51. The van der Waals surface area contributed by atoms with E-state index in [-0.39, 0.29) is 5.91 Å². The first-order valence-corrected chi connectivity index (χ1v) is 9.34. The van der Waals surface area contributed by atoms with E-state index < -0.39 is 0 Å². The van der Waals surface area contributed by atoms with E-state index in [4.69, 9.17) is 0 Å². The number of aryl methyl sites for hydroxylation is 1. The fourth-order valence-corrected chi connectivity index (χ4v) is 3.44. The number of hydrogen-bond donors (Lipinski definition) is 2. The van der Waals surface area contributed by atoms with Crippen molar-refractivity contribution in [1.29, 1.82) is 0 Å². The van der Waals surface area contributed by atoms with Crippen LogP contribution in [0.4, 0.5) is 5.69 Å². The minimum atomic E-state index is -0.216. The van der Waals surface area contributed by atoms with Gasteiger partial charge in [0.15, 0.2) is 5.82 Å². The van der Waals surface area contributed by atoms with Crippen LogP contribution in [0, 0.1) is 6.92 Å². The summed E-state index contributed by atoms with van der Waals surface area (Å²) in [6, 6.07) is 17.5. The predicted molar refractivity (Wildman–Crippen MR) is 106 cm³/mol. The summed E-state index contributed by atoms with van der Waals surface area (Å²) in [5.41, 5.74) is 3.20. The Morgan fingerprint density at radius 1 is 1.07 bits per heavy atom. The molecule has 0 aliphatic heterocycles. The third kappa shape index (κ3) is 4.09. The molecule has 0 aliphatic carbocycles. The van der Waals surface area contributed by atoms with Gasteiger partial charge in [-0.25, -0.2) is 9.97 Å². The molecule has 6 nitrogen and oxygen atoms in total.